The van der Waals surface area contributed by atoms with E-state index in [0.29, 0.717) is 15.5 Å². The lowest BCUT2D eigenvalue weighted by Gasteiger charge is -2.13. The lowest BCUT2D eigenvalue weighted by molar-refractivity contribution is -0.123. The van der Waals surface area contributed by atoms with Gasteiger partial charge in [-0.1, -0.05) is 35.9 Å². The first-order valence-electron chi connectivity index (χ1n) is 8.51. The fourth-order valence-corrected chi connectivity index (χ4v) is 4.23. The standard InChI is InChI=1S/C20H16ClN3O3S/c1-22-15-8-7-12(9-16(15)23(2)19(22)26)10-17-18(25)24(20(27)28-17)11-13-5-3-4-6-14(13)21/h3-10H,11H2,1-2H3/b17-10+. The molecule has 0 saturated carbocycles. The summed E-state index contributed by atoms with van der Waals surface area (Å²) in [6.07, 6.45) is 1.68. The Balaban J connectivity index is 1.66. The summed E-state index contributed by atoms with van der Waals surface area (Å²) in [5.74, 6) is -0.350. The van der Waals surface area contributed by atoms with Crippen LogP contribution in [0.25, 0.3) is 17.1 Å². The third kappa shape index (κ3) is 3.06. The van der Waals surface area contributed by atoms with Gasteiger partial charge in [-0.15, -0.1) is 0 Å². The average molecular weight is 414 g/mol. The molecule has 2 aromatic carbocycles. The number of benzene rings is 2. The molecule has 2 heterocycles. The molecule has 1 saturated heterocycles. The van der Waals surface area contributed by atoms with E-state index in [1.54, 1.807) is 47.5 Å². The van der Waals surface area contributed by atoms with E-state index in [0.717, 1.165) is 28.4 Å². The van der Waals surface area contributed by atoms with Gasteiger partial charge in [0.25, 0.3) is 11.1 Å². The van der Waals surface area contributed by atoms with Gasteiger partial charge in [-0.05, 0) is 47.2 Å². The maximum absolute atomic E-state index is 12.7. The summed E-state index contributed by atoms with van der Waals surface area (Å²) in [6.45, 7) is 0.133. The van der Waals surface area contributed by atoms with Crippen LogP contribution < -0.4 is 5.69 Å². The minimum Gasteiger partial charge on any atom is -0.295 e. The predicted molar refractivity (Wildman–Crippen MR) is 111 cm³/mol. The highest BCUT2D eigenvalue weighted by molar-refractivity contribution is 8.18. The molecule has 4 rings (SSSR count). The number of imide groups is 1. The van der Waals surface area contributed by atoms with Crippen molar-refractivity contribution in [2.75, 3.05) is 0 Å². The van der Waals surface area contributed by atoms with Gasteiger partial charge in [0.15, 0.2) is 0 Å². The monoisotopic (exact) mass is 413 g/mol. The summed E-state index contributed by atoms with van der Waals surface area (Å²) in [6, 6.07) is 12.6. The first-order valence-corrected chi connectivity index (χ1v) is 9.70. The number of hydrogen-bond donors (Lipinski definition) is 0. The third-order valence-corrected chi connectivity index (χ3v) is 6.03. The number of carbonyl (C=O) groups is 2. The number of halogens is 1. The molecule has 8 heteroatoms. The molecule has 0 N–H and O–H groups in total. The van der Waals surface area contributed by atoms with Crippen molar-refractivity contribution >= 4 is 51.6 Å². The quantitative estimate of drug-likeness (QED) is 0.613. The summed E-state index contributed by atoms with van der Waals surface area (Å²) < 4.78 is 3.12. The number of nitrogens with zero attached hydrogens (tertiary/aromatic N) is 3. The second-order valence-electron chi connectivity index (χ2n) is 6.51. The first-order chi connectivity index (χ1) is 13.4. The molecule has 0 bridgehead atoms. The molecule has 142 valence electrons. The van der Waals surface area contributed by atoms with E-state index < -0.39 is 0 Å². The minimum atomic E-state index is -0.350. The van der Waals surface area contributed by atoms with Gasteiger partial charge in [0.1, 0.15) is 0 Å². The van der Waals surface area contributed by atoms with E-state index in [-0.39, 0.29) is 23.4 Å². The van der Waals surface area contributed by atoms with Gasteiger partial charge in [-0.2, -0.15) is 0 Å². The van der Waals surface area contributed by atoms with Gasteiger partial charge in [0.05, 0.1) is 22.5 Å². The second kappa shape index (κ2) is 7.00. The number of rotatable bonds is 3. The molecule has 3 aromatic rings. The van der Waals surface area contributed by atoms with E-state index in [2.05, 4.69) is 0 Å². The predicted octanol–water partition coefficient (Wildman–Crippen LogP) is 3.77. The van der Waals surface area contributed by atoms with Crippen LogP contribution in [0.15, 0.2) is 52.2 Å². The van der Waals surface area contributed by atoms with Gasteiger partial charge in [-0.25, -0.2) is 4.79 Å². The first kappa shape index (κ1) is 18.6. The van der Waals surface area contributed by atoms with Crippen LogP contribution in [0.5, 0.6) is 0 Å². The molecule has 2 amide bonds. The van der Waals surface area contributed by atoms with E-state index in [4.69, 9.17) is 11.6 Å². The van der Waals surface area contributed by atoms with Gasteiger partial charge in [-0.3, -0.25) is 23.6 Å². The summed E-state index contributed by atoms with van der Waals surface area (Å²) in [7, 11) is 3.41. The Bertz CT molecular complexity index is 1230. The second-order valence-corrected chi connectivity index (χ2v) is 7.91. The van der Waals surface area contributed by atoms with Crippen molar-refractivity contribution in [2.45, 2.75) is 6.54 Å². The molecular formula is C20H16ClN3O3S. The molecule has 28 heavy (non-hydrogen) atoms. The summed E-state index contributed by atoms with van der Waals surface area (Å²) in [4.78, 5) is 38.7. The molecule has 1 aliphatic rings. The van der Waals surface area contributed by atoms with Crippen molar-refractivity contribution in [1.29, 1.82) is 0 Å². The van der Waals surface area contributed by atoms with Crippen molar-refractivity contribution < 1.29 is 9.59 Å². The van der Waals surface area contributed by atoms with Gasteiger partial charge >= 0.3 is 5.69 Å². The van der Waals surface area contributed by atoms with Crippen molar-refractivity contribution in [3.8, 4) is 0 Å². The maximum atomic E-state index is 12.7. The lowest BCUT2D eigenvalue weighted by Crippen LogP contribution is -2.27. The number of fused-ring (bicyclic) bond motifs is 1. The highest BCUT2D eigenvalue weighted by Gasteiger charge is 2.35. The topological polar surface area (TPSA) is 64.3 Å². The van der Waals surface area contributed by atoms with Crippen molar-refractivity contribution in [2.24, 2.45) is 14.1 Å². The number of imidazole rings is 1. The lowest BCUT2D eigenvalue weighted by atomic mass is 10.1. The van der Waals surface area contributed by atoms with E-state index >= 15 is 0 Å². The third-order valence-electron chi connectivity index (χ3n) is 4.75. The number of carbonyl (C=O) groups excluding carboxylic acids is 2. The van der Waals surface area contributed by atoms with Crippen molar-refractivity contribution in [1.82, 2.24) is 14.0 Å². The zero-order valence-corrected chi connectivity index (χ0v) is 16.8. The molecule has 1 aromatic heterocycles. The van der Waals surface area contributed by atoms with Gasteiger partial charge in [0.2, 0.25) is 0 Å². The molecule has 0 radical (unpaired) electrons. The molecule has 0 aliphatic carbocycles. The Morgan fingerprint density at radius 1 is 1.00 bits per heavy atom. The van der Waals surface area contributed by atoms with Crippen LogP contribution in [-0.2, 0) is 25.4 Å². The highest BCUT2D eigenvalue weighted by Crippen LogP contribution is 2.34. The largest absolute Gasteiger partial charge is 0.328 e. The Morgan fingerprint density at radius 3 is 2.46 bits per heavy atom. The zero-order chi connectivity index (χ0) is 20.0. The van der Waals surface area contributed by atoms with Crippen LogP contribution in [0.1, 0.15) is 11.1 Å². The molecule has 1 aliphatic heterocycles. The van der Waals surface area contributed by atoms with Crippen LogP contribution in [-0.4, -0.2) is 25.2 Å². The Labute approximate surface area is 170 Å². The molecule has 0 unspecified atom stereocenters. The summed E-state index contributed by atoms with van der Waals surface area (Å²) >= 11 is 7.05. The highest BCUT2D eigenvalue weighted by atomic mass is 35.5. The Kier molecular flexibility index (Phi) is 4.64. The summed E-state index contributed by atoms with van der Waals surface area (Å²) in [5.41, 5.74) is 2.91. The molecule has 1 fully saturated rings. The van der Waals surface area contributed by atoms with Gasteiger partial charge in [0, 0.05) is 19.1 Å². The van der Waals surface area contributed by atoms with Crippen molar-refractivity contribution in [3.05, 3.63) is 74.0 Å². The number of aryl methyl sites for hydroxylation is 2. The number of aromatic nitrogens is 2. The van der Waals surface area contributed by atoms with E-state index in [1.165, 1.54) is 4.90 Å². The molecule has 0 spiro atoms. The molecule has 6 nitrogen and oxygen atoms in total. The number of hydrogen-bond acceptors (Lipinski definition) is 4. The normalized spacial score (nSPS) is 16.0. The maximum Gasteiger partial charge on any atom is 0.328 e. The Morgan fingerprint density at radius 2 is 1.71 bits per heavy atom. The van der Waals surface area contributed by atoms with Crippen LogP contribution in [0, 0.1) is 0 Å². The summed E-state index contributed by atoms with van der Waals surface area (Å²) in [5, 5.41) is 0.185. The smallest absolute Gasteiger partial charge is 0.295 e. The van der Waals surface area contributed by atoms with Crippen LogP contribution in [0.4, 0.5) is 4.79 Å². The average Bonchev–Trinajstić information content (AvgIpc) is 3.06. The molecular weight excluding hydrogens is 398 g/mol. The van der Waals surface area contributed by atoms with Gasteiger partial charge < -0.3 is 0 Å². The van der Waals surface area contributed by atoms with E-state index in [1.807, 2.05) is 24.3 Å². The Hall–Kier alpha value is -2.77. The minimum absolute atomic E-state index is 0.118. The van der Waals surface area contributed by atoms with Crippen LogP contribution >= 0.6 is 23.4 Å². The fourth-order valence-electron chi connectivity index (χ4n) is 3.20. The van der Waals surface area contributed by atoms with Crippen LogP contribution in [0.3, 0.4) is 0 Å². The fraction of sp³-hybridized carbons (Fsp3) is 0.150. The van der Waals surface area contributed by atoms with Crippen LogP contribution in [0.2, 0.25) is 5.02 Å². The van der Waals surface area contributed by atoms with Crippen molar-refractivity contribution in [3.63, 3.8) is 0 Å². The number of thioether (sulfide) groups is 1. The zero-order valence-electron chi connectivity index (χ0n) is 15.2. The SMILES string of the molecule is Cn1c(=O)n(C)c2cc(/C=C3/SC(=O)N(Cc4ccccc4Cl)C3=O)ccc21. The molecule has 0 atom stereocenters. The number of amides is 2. The van der Waals surface area contributed by atoms with E-state index in [9.17, 15) is 14.4 Å².